The van der Waals surface area contributed by atoms with Gasteiger partial charge in [0.25, 0.3) is 0 Å². The highest BCUT2D eigenvalue weighted by Crippen LogP contribution is 2.63. The first-order valence-electron chi connectivity index (χ1n) is 17.7. The minimum Gasteiger partial charge on any atom is -0.462 e. The number of hydrogen-bond acceptors (Lipinski definition) is 2. The van der Waals surface area contributed by atoms with Crippen molar-refractivity contribution in [1.82, 2.24) is 0 Å². The Bertz CT molecular complexity index is 738. The number of allylic oxidation sites excluding steroid dienone is 1. The molecule has 7 atom stereocenters. The first-order valence-corrected chi connectivity index (χ1v) is 17.7. The van der Waals surface area contributed by atoms with Gasteiger partial charge in [-0.2, -0.15) is 0 Å². The van der Waals surface area contributed by atoms with Crippen molar-refractivity contribution in [2.45, 2.75) is 176 Å². The van der Waals surface area contributed by atoms with Crippen LogP contribution in [0, 0.1) is 40.9 Å². The molecule has 0 aromatic heterocycles. The second kappa shape index (κ2) is 16.6. The Balaban J connectivity index is 1.51. The van der Waals surface area contributed by atoms with E-state index in [0.29, 0.717) is 11.8 Å². The second-order valence-corrected chi connectivity index (χ2v) is 14.8. The Hall–Kier alpha value is -0.790. The molecule has 0 radical (unpaired) electrons. The molecule has 2 heteroatoms. The van der Waals surface area contributed by atoms with Crippen molar-refractivity contribution in [3.8, 4) is 0 Å². The van der Waals surface area contributed by atoms with Gasteiger partial charge in [-0.15, -0.1) is 0 Å². The Morgan fingerprint density at radius 2 is 1.67 bits per heavy atom. The van der Waals surface area contributed by atoms with Crippen LogP contribution in [0.2, 0.25) is 0 Å². The molecule has 0 N–H and O–H groups in total. The lowest BCUT2D eigenvalue weighted by molar-refractivity contribution is -0.149. The fraction of sp³-hybridized carbons (Fsp3) is 0.919. The van der Waals surface area contributed by atoms with Gasteiger partial charge in [-0.1, -0.05) is 117 Å². The fourth-order valence-electron chi connectivity index (χ4n) is 9.11. The van der Waals surface area contributed by atoms with Gasteiger partial charge in [0, 0.05) is 12.8 Å². The highest BCUT2D eigenvalue weighted by atomic mass is 16.5. The minimum atomic E-state index is 0.0498. The third-order valence-electron chi connectivity index (χ3n) is 11.4. The normalized spacial score (nSPS) is 30.0. The topological polar surface area (TPSA) is 26.3 Å². The summed E-state index contributed by atoms with van der Waals surface area (Å²) >= 11 is 0. The molecule has 226 valence electrons. The summed E-state index contributed by atoms with van der Waals surface area (Å²) in [4.78, 5) is 12.7. The van der Waals surface area contributed by atoms with Crippen LogP contribution in [0.25, 0.3) is 0 Å². The number of esters is 1. The standard InChI is InChI=1S/C37H66O2/c1-7-9-11-12-13-14-19-36(38)39-32(18-10-8-2)27-30-20-21-33-31(26-30)24-25-37(6)34(22-23-35(33)37)29(5)17-15-16-28(3)4/h20,28-29,31-35H,7-19,21-27H2,1-6H3/t29-,31-,32+,33-,34-,35+,37-/m1/s1. The van der Waals surface area contributed by atoms with Crippen LogP contribution in [-0.4, -0.2) is 12.1 Å². The molecule has 0 unspecified atom stereocenters. The summed E-state index contributed by atoms with van der Waals surface area (Å²) in [5.41, 5.74) is 2.17. The first kappa shape index (κ1) is 32.7. The van der Waals surface area contributed by atoms with Crippen LogP contribution in [0.15, 0.2) is 11.6 Å². The van der Waals surface area contributed by atoms with Crippen LogP contribution in [0.4, 0.5) is 0 Å². The average Bonchev–Trinajstić information content (AvgIpc) is 3.26. The lowest BCUT2D eigenvalue weighted by Crippen LogP contribution is -2.43. The quantitative estimate of drug-likeness (QED) is 0.0977. The Labute approximate surface area is 243 Å². The number of ether oxygens (including phenoxy) is 1. The van der Waals surface area contributed by atoms with Gasteiger partial charge in [0.15, 0.2) is 0 Å². The zero-order valence-corrected chi connectivity index (χ0v) is 27.1. The summed E-state index contributed by atoms with van der Waals surface area (Å²) in [6.07, 6.45) is 27.5. The highest BCUT2D eigenvalue weighted by molar-refractivity contribution is 5.69. The van der Waals surface area contributed by atoms with Crippen LogP contribution in [-0.2, 0) is 9.53 Å². The summed E-state index contributed by atoms with van der Waals surface area (Å²) in [5, 5.41) is 0. The lowest BCUT2D eigenvalue weighted by Gasteiger charge is -2.51. The molecule has 0 aromatic carbocycles. The fourth-order valence-corrected chi connectivity index (χ4v) is 9.11. The van der Waals surface area contributed by atoms with Gasteiger partial charge in [0.1, 0.15) is 6.10 Å². The van der Waals surface area contributed by atoms with Crippen molar-refractivity contribution in [3.63, 3.8) is 0 Å². The number of carbonyl (C=O) groups excluding carboxylic acids is 1. The molecule has 2 nitrogen and oxygen atoms in total. The third kappa shape index (κ3) is 9.63. The predicted molar refractivity (Wildman–Crippen MR) is 168 cm³/mol. The van der Waals surface area contributed by atoms with Gasteiger partial charge in [-0.3, -0.25) is 4.79 Å². The van der Waals surface area contributed by atoms with Crippen LogP contribution in [0.3, 0.4) is 0 Å². The number of fused-ring (bicyclic) bond motifs is 3. The molecule has 0 bridgehead atoms. The monoisotopic (exact) mass is 543 g/mol. The van der Waals surface area contributed by atoms with Crippen molar-refractivity contribution in [3.05, 3.63) is 11.6 Å². The number of carbonyl (C=O) groups is 1. The largest absolute Gasteiger partial charge is 0.462 e. The molecular formula is C37H66O2. The van der Waals surface area contributed by atoms with Gasteiger partial charge < -0.3 is 4.74 Å². The van der Waals surface area contributed by atoms with Crippen molar-refractivity contribution in [1.29, 1.82) is 0 Å². The molecule has 0 spiro atoms. The molecule has 3 aliphatic carbocycles. The smallest absolute Gasteiger partial charge is 0.306 e. The molecule has 39 heavy (non-hydrogen) atoms. The lowest BCUT2D eigenvalue weighted by atomic mass is 9.54. The van der Waals surface area contributed by atoms with Crippen LogP contribution < -0.4 is 0 Å². The number of hydrogen-bond donors (Lipinski definition) is 0. The van der Waals surface area contributed by atoms with Crippen LogP contribution in [0.5, 0.6) is 0 Å². The highest BCUT2D eigenvalue weighted by Gasteiger charge is 2.54. The molecule has 2 saturated carbocycles. The van der Waals surface area contributed by atoms with Crippen molar-refractivity contribution >= 4 is 5.97 Å². The van der Waals surface area contributed by atoms with Gasteiger partial charge in [-0.05, 0) is 92.3 Å². The van der Waals surface area contributed by atoms with E-state index in [4.69, 9.17) is 4.74 Å². The van der Waals surface area contributed by atoms with E-state index in [1.54, 1.807) is 5.57 Å². The van der Waals surface area contributed by atoms with Gasteiger partial charge >= 0.3 is 5.97 Å². The van der Waals surface area contributed by atoms with Crippen LogP contribution in [0.1, 0.15) is 170 Å². The SMILES string of the molecule is CCCCCCCCC(=O)O[C@@H](CCCC)CC1=CC[C@@H]2[C@H](CC[C@]3(C)[C@@H]([C@H](C)CCCC(C)C)CC[C@@H]23)C1. The van der Waals surface area contributed by atoms with Crippen molar-refractivity contribution in [2.24, 2.45) is 40.9 Å². The van der Waals surface area contributed by atoms with E-state index in [0.717, 1.165) is 61.2 Å². The minimum absolute atomic E-state index is 0.0498. The zero-order chi connectivity index (χ0) is 28.3. The van der Waals surface area contributed by atoms with Crippen molar-refractivity contribution in [2.75, 3.05) is 0 Å². The maximum absolute atomic E-state index is 12.7. The molecule has 3 rings (SSSR count). The van der Waals surface area contributed by atoms with Crippen LogP contribution >= 0.6 is 0 Å². The molecule has 0 saturated heterocycles. The van der Waals surface area contributed by atoms with Gasteiger partial charge in [0.05, 0.1) is 0 Å². The van der Waals surface area contributed by atoms with Gasteiger partial charge in [0.2, 0.25) is 0 Å². The average molecular weight is 543 g/mol. The molecule has 0 aliphatic heterocycles. The third-order valence-corrected chi connectivity index (χ3v) is 11.4. The van der Waals surface area contributed by atoms with Crippen molar-refractivity contribution < 1.29 is 9.53 Å². The van der Waals surface area contributed by atoms with E-state index in [9.17, 15) is 4.79 Å². The number of rotatable bonds is 18. The molecular weight excluding hydrogens is 476 g/mol. The van der Waals surface area contributed by atoms with E-state index < -0.39 is 0 Å². The Morgan fingerprint density at radius 3 is 2.41 bits per heavy atom. The predicted octanol–water partition coefficient (Wildman–Crippen LogP) is 11.5. The Kier molecular flexibility index (Phi) is 13.9. The summed E-state index contributed by atoms with van der Waals surface area (Å²) in [7, 11) is 0. The number of unbranched alkanes of at least 4 members (excludes halogenated alkanes) is 6. The maximum Gasteiger partial charge on any atom is 0.306 e. The maximum atomic E-state index is 12.7. The molecule has 0 aromatic rings. The molecule has 3 aliphatic rings. The van der Waals surface area contributed by atoms with E-state index in [-0.39, 0.29) is 12.1 Å². The van der Waals surface area contributed by atoms with Gasteiger partial charge in [-0.25, -0.2) is 0 Å². The molecule has 2 fully saturated rings. The zero-order valence-electron chi connectivity index (χ0n) is 27.1. The summed E-state index contributed by atoms with van der Waals surface area (Å²) in [6.45, 7) is 14.5. The van der Waals surface area contributed by atoms with E-state index in [2.05, 4.69) is 47.6 Å². The van der Waals surface area contributed by atoms with E-state index >= 15 is 0 Å². The first-order chi connectivity index (χ1) is 18.8. The Morgan fingerprint density at radius 1 is 0.923 bits per heavy atom. The summed E-state index contributed by atoms with van der Waals surface area (Å²) < 4.78 is 6.11. The summed E-state index contributed by atoms with van der Waals surface area (Å²) in [5.74, 6) is 5.40. The van der Waals surface area contributed by atoms with E-state index in [1.807, 2.05) is 0 Å². The molecule has 0 amide bonds. The second-order valence-electron chi connectivity index (χ2n) is 14.8. The molecule has 0 heterocycles. The summed E-state index contributed by atoms with van der Waals surface area (Å²) in [6, 6.07) is 0. The van der Waals surface area contributed by atoms with E-state index in [1.165, 1.54) is 96.3 Å².